The van der Waals surface area contributed by atoms with E-state index in [4.69, 9.17) is 10.5 Å². The highest BCUT2D eigenvalue weighted by molar-refractivity contribution is 9.10. The van der Waals surface area contributed by atoms with Crippen LogP contribution in [0.15, 0.2) is 22.7 Å². The van der Waals surface area contributed by atoms with E-state index in [0.717, 1.165) is 10.0 Å². The first-order valence-corrected chi connectivity index (χ1v) is 9.32. The number of benzene rings is 1. The van der Waals surface area contributed by atoms with Crippen LogP contribution in [0.2, 0.25) is 0 Å². The molecule has 4 nitrogen and oxygen atoms in total. The minimum absolute atomic E-state index is 0.0236. The number of sulfone groups is 1. The number of nitrogens with two attached hydrogens (primary N) is 1. The maximum absolute atomic E-state index is 11.6. The van der Waals surface area contributed by atoms with E-state index in [1.165, 1.54) is 0 Å². The Morgan fingerprint density at radius 1 is 1.35 bits per heavy atom. The van der Waals surface area contributed by atoms with Gasteiger partial charge in [0.2, 0.25) is 0 Å². The minimum atomic E-state index is -3.00. The number of hydrogen-bond acceptors (Lipinski definition) is 4. The summed E-state index contributed by atoms with van der Waals surface area (Å²) in [7, 11) is -3.00. The zero-order chi connectivity index (χ0) is 15.2. The lowest BCUT2D eigenvalue weighted by atomic mass is 10.1. The molecule has 0 aromatic heterocycles. The van der Waals surface area contributed by atoms with Crippen LogP contribution < -0.4 is 10.5 Å². The first-order chi connectivity index (χ1) is 9.34. The average molecular weight is 364 g/mol. The van der Waals surface area contributed by atoms with Crippen molar-refractivity contribution in [3.63, 3.8) is 0 Å². The molecule has 0 aliphatic carbocycles. The maximum Gasteiger partial charge on any atom is 0.153 e. The number of rotatable bonds is 8. The maximum atomic E-state index is 11.6. The molecule has 20 heavy (non-hydrogen) atoms. The first kappa shape index (κ1) is 17.5. The van der Waals surface area contributed by atoms with Gasteiger partial charge in [-0.15, -0.1) is 0 Å². The van der Waals surface area contributed by atoms with Gasteiger partial charge in [0.1, 0.15) is 12.4 Å². The van der Waals surface area contributed by atoms with Gasteiger partial charge >= 0.3 is 0 Å². The van der Waals surface area contributed by atoms with Crippen LogP contribution in [0, 0.1) is 0 Å². The summed E-state index contributed by atoms with van der Waals surface area (Å²) in [5.74, 6) is 0.968. The molecule has 0 amide bonds. The Morgan fingerprint density at radius 3 is 2.65 bits per heavy atom. The SMILES string of the molecule is CCCS(=O)(=O)CCOc1ccc(Br)cc1CC(C)N. The monoisotopic (exact) mass is 363 g/mol. The van der Waals surface area contributed by atoms with Crippen LogP contribution in [0.4, 0.5) is 0 Å². The van der Waals surface area contributed by atoms with Crippen LogP contribution >= 0.6 is 15.9 Å². The van der Waals surface area contributed by atoms with Crippen LogP contribution in [-0.4, -0.2) is 32.6 Å². The molecule has 1 atom stereocenters. The Morgan fingerprint density at radius 2 is 2.05 bits per heavy atom. The van der Waals surface area contributed by atoms with Gasteiger partial charge < -0.3 is 10.5 Å². The Bertz CT molecular complexity index is 529. The van der Waals surface area contributed by atoms with Crippen LogP contribution in [0.5, 0.6) is 5.75 Å². The lowest BCUT2D eigenvalue weighted by Crippen LogP contribution is -2.20. The van der Waals surface area contributed by atoms with Crippen molar-refractivity contribution < 1.29 is 13.2 Å². The highest BCUT2D eigenvalue weighted by Gasteiger charge is 2.11. The van der Waals surface area contributed by atoms with E-state index >= 15 is 0 Å². The fourth-order valence-corrected chi connectivity index (χ4v) is 3.46. The van der Waals surface area contributed by atoms with Crippen LogP contribution in [0.1, 0.15) is 25.8 Å². The molecule has 6 heteroatoms. The molecule has 1 aromatic rings. The van der Waals surface area contributed by atoms with Gasteiger partial charge in [-0.05, 0) is 43.5 Å². The number of hydrogen-bond donors (Lipinski definition) is 1. The van der Waals surface area contributed by atoms with Crippen LogP contribution in [0.25, 0.3) is 0 Å². The molecule has 0 saturated carbocycles. The predicted octanol–water partition coefficient (Wildman–Crippen LogP) is 2.54. The van der Waals surface area contributed by atoms with Crippen molar-refractivity contribution in [2.45, 2.75) is 32.7 Å². The van der Waals surface area contributed by atoms with Gasteiger partial charge in [-0.3, -0.25) is 0 Å². The third-order valence-electron chi connectivity index (χ3n) is 2.73. The van der Waals surface area contributed by atoms with Gasteiger partial charge in [0.15, 0.2) is 9.84 Å². The van der Waals surface area contributed by atoms with Gasteiger partial charge in [-0.1, -0.05) is 22.9 Å². The van der Waals surface area contributed by atoms with Crippen molar-refractivity contribution in [2.75, 3.05) is 18.1 Å². The molecule has 1 unspecified atom stereocenters. The molecule has 1 aromatic carbocycles. The molecule has 0 spiro atoms. The van der Waals surface area contributed by atoms with Crippen molar-refractivity contribution in [3.05, 3.63) is 28.2 Å². The number of halogens is 1. The molecule has 0 aliphatic heterocycles. The van der Waals surface area contributed by atoms with E-state index in [2.05, 4.69) is 15.9 Å². The minimum Gasteiger partial charge on any atom is -0.492 e. The third kappa shape index (κ3) is 6.24. The van der Waals surface area contributed by atoms with Crippen molar-refractivity contribution in [1.82, 2.24) is 0 Å². The lowest BCUT2D eigenvalue weighted by Gasteiger charge is -2.13. The van der Waals surface area contributed by atoms with Gasteiger partial charge in [-0.2, -0.15) is 0 Å². The van der Waals surface area contributed by atoms with E-state index in [0.29, 0.717) is 18.6 Å². The molecule has 0 fully saturated rings. The smallest absolute Gasteiger partial charge is 0.153 e. The molecule has 0 radical (unpaired) electrons. The fourth-order valence-electron chi connectivity index (χ4n) is 1.89. The second-order valence-corrected chi connectivity index (χ2v) is 8.15. The van der Waals surface area contributed by atoms with E-state index in [-0.39, 0.29) is 24.2 Å². The summed E-state index contributed by atoms with van der Waals surface area (Å²) < 4.78 is 29.8. The van der Waals surface area contributed by atoms with Crippen LogP contribution in [0.3, 0.4) is 0 Å². The lowest BCUT2D eigenvalue weighted by molar-refractivity contribution is 0.336. The summed E-state index contributed by atoms with van der Waals surface area (Å²) in [5, 5.41) is 0. The Kier molecular flexibility index (Phi) is 6.99. The third-order valence-corrected chi connectivity index (χ3v) is 5.04. The second kappa shape index (κ2) is 8.00. The van der Waals surface area contributed by atoms with Crippen molar-refractivity contribution in [2.24, 2.45) is 5.73 Å². The van der Waals surface area contributed by atoms with E-state index in [1.54, 1.807) is 0 Å². The molecular weight excluding hydrogens is 342 g/mol. The Hall–Kier alpha value is -0.590. The van der Waals surface area contributed by atoms with Gasteiger partial charge in [0.05, 0.1) is 11.5 Å². The highest BCUT2D eigenvalue weighted by Crippen LogP contribution is 2.24. The summed E-state index contributed by atoms with van der Waals surface area (Å²) >= 11 is 3.41. The fraction of sp³-hybridized carbons (Fsp3) is 0.571. The highest BCUT2D eigenvalue weighted by atomic mass is 79.9. The quantitative estimate of drug-likeness (QED) is 0.770. The topological polar surface area (TPSA) is 69.4 Å². The van der Waals surface area contributed by atoms with Gasteiger partial charge in [0, 0.05) is 10.5 Å². The zero-order valence-electron chi connectivity index (χ0n) is 11.9. The Labute approximate surface area is 129 Å². The Balaban J connectivity index is 2.68. The summed E-state index contributed by atoms with van der Waals surface area (Å²) in [6, 6.07) is 5.70. The second-order valence-electron chi connectivity index (χ2n) is 4.93. The molecule has 0 bridgehead atoms. The van der Waals surface area contributed by atoms with Crippen molar-refractivity contribution >= 4 is 25.8 Å². The van der Waals surface area contributed by atoms with Crippen molar-refractivity contribution in [1.29, 1.82) is 0 Å². The standard InChI is InChI=1S/C14H22BrNO3S/c1-3-7-20(17,18)8-6-19-14-5-4-13(15)10-12(14)9-11(2)16/h4-5,10-11H,3,6-9,16H2,1-2H3. The first-order valence-electron chi connectivity index (χ1n) is 6.71. The van der Waals surface area contributed by atoms with Gasteiger partial charge in [0.25, 0.3) is 0 Å². The molecular formula is C14H22BrNO3S. The molecule has 114 valence electrons. The van der Waals surface area contributed by atoms with E-state index < -0.39 is 9.84 Å². The summed E-state index contributed by atoms with van der Waals surface area (Å²) in [6.07, 6.45) is 1.33. The number of ether oxygens (including phenoxy) is 1. The molecule has 0 aliphatic rings. The van der Waals surface area contributed by atoms with E-state index in [1.807, 2.05) is 32.0 Å². The summed E-state index contributed by atoms with van der Waals surface area (Å²) in [6.45, 7) is 3.96. The van der Waals surface area contributed by atoms with Crippen LogP contribution in [-0.2, 0) is 16.3 Å². The average Bonchev–Trinajstić information content (AvgIpc) is 2.31. The largest absolute Gasteiger partial charge is 0.492 e. The molecule has 0 heterocycles. The summed E-state index contributed by atoms with van der Waals surface area (Å²) in [5.41, 5.74) is 6.80. The summed E-state index contributed by atoms with van der Waals surface area (Å²) in [4.78, 5) is 0. The van der Waals surface area contributed by atoms with Crippen molar-refractivity contribution in [3.8, 4) is 5.75 Å². The molecule has 0 saturated heterocycles. The zero-order valence-corrected chi connectivity index (χ0v) is 14.3. The molecule has 2 N–H and O–H groups in total. The predicted molar refractivity (Wildman–Crippen MR) is 85.9 cm³/mol. The normalized spacial score (nSPS) is 13.2. The van der Waals surface area contributed by atoms with Gasteiger partial charge in [-0.25, -0.2) is 8.42 Å². The molecule has 1 rings (SSSR count). The van der Waals surface area contributed by atoms with E-state index in [9.17, 15) is 8.42 Å².